The van der Waals surface area contributed by atoms with Gasteiger partial charge in [0.1, 0.15) is 11.5 Å². The van der Waals surface area contributed by atoms with Gasteiger partial charge in [-0.25, -0.2) is 0 Å². The van der Waals surface area contributed by atoms with Gasteiger partial charge in [0.25, 0.3) is 0 Å². The average molecular weight is 227 g/mol. The van der Waals surface area contributed by atoms with Gasteiger partial charge in [0, 0.05) is 23.4 Å². The number of hydrogen-bond acceptors (Lipinski definition) is 2. The van der Waals surface area contributed by atoms with E-state index >= 15 is 0 Å². The molecule has 1 aromatic heterocycles. The molecule has 0 aliphatic carbocycles. The molecule has 2 aromatic rings. The molecule has 4 nitrogen and oxygen atoms in total. The Kier molecular flexibility index (Phi) is 3.48. The van der Waals surface area contributed by atoms with Crippen LogP contribution in [0.1, 0.15) is 11.3 Å². The van der Waals surface area contributed by atoms with Crippen molar-refractivity contribution < 1.29 is 4.42 Å². The van der Waals surface area contributed by atoms with Gasteiger partial charge in [-0.05, 0) is 24.6 Å². The van der Waals surface area contributed by atoms with E-state index < -0.39 is 0 Å². The number of nitrogens with zero attached hydrogens (tertiary/aromatic N) is 3. The Morgan fingerprint density at radius 1 is 1.18 bits per heavy atom. The van der Waals surface area contributed by atoms with Crippen LogP contribution in [0.15, 0.2) is 45.9 Å². The lowest BCUT2D eigenvalue weighted by molar-refractivity contribution is 0.523. The molecule has 2 rings (SSSR count). The molecule has 0 fully saturated rings. The molecule has 0 bridgehead atoms. The Bertz CT molecular complexity index is 536. The molecule has 0 aliphatic rings. The van der Waals surface area contributed by atoms with E-state index in [0.717, 1.165) is 17.1 Å². The zero-order valence-corrected chi connectivity index (χ0v) is 9.63. The number of hydrogen-bond donors (Lipinski definition) is 0. The predicted molar refractivity (Wildman–Crippen MR) is 66.6 cm³/mol. The van der Waals surface area contributed by atoms with Crippen LogP contribution in [0.5, 0.6) is 0 Å². The van der Waals surface area contributed by atoms with Gasteiger partial charge in [0.05, 0.1) is 0 Å². The minimum absolute atomic E-state index is 0.428. The van der Waals surface area contributed by atoms with Gasteiger partial charge in [-0.15, -0.1) is 0 Å². The van der Waals surface area contributed by atoms with Crippen molar-refractivity contribution in [3.05, 3.63) is 58.2 Å². The minimum Gasteiger partial charge on any atom is -0.461 e. The van der Waals surface area contributed by atoms with Crippen LogP contribution in [0.4, 0.5) is 0 Å². The Hall–Kier alpha value is -2.19. The lowest BCUT2D eigenvalue weighted by atomic mass is 10.1. The molecule has 1 aromatic carbocycles. The highest BCUT2D eigenvalue weighted by molar-refractivity contribution is 5.57. The molecule has 0 saturated heterocycles. The molecule has 0 N–H and O–H groups in total. The van der Waals surface area contributed by atoms with E-state index in [0.29, 0.717) is 13.0 Å². The van der Waals surface area contributed by atoms with Gasteiger partial charge >= 0.3 is 0 Å². The summed E-state index contributed by atoms with van der Waals surface area (Å²) in [5.74, 6) is 1.69. The van der Waals surface area contributed by atoms with E-state index in [9.17, 15) is 0 Å². The van der Waals surface area contributed by atoms with Crippen molar-refractivity contribution in [1.29, 1.82) is 0 Å². The van der Waals surface area contributed by atoms with E-state index in [-0.39, 0.29) is 0 Å². The normalized spacial score (nSPS) is 9.94. The predicted octanol–water partition coefficient (Wildman–Crippen LogP) is 4.11. The molecule has 0 aliphatic heterocycles. The third-order valence-corrected chi connectivity index (χ3v) is 2.52. The van der Waals surface area contributed by atoms with E-state index in [4.69, 9.17) is 9.95 Å². The monoisotopic (exact) mass is 227 g/mol. The van der Waals surface area contributed by atoms with Crippen molar-refractivity contribution in [2.24, 2.45) is 5.11 Å². The first kappa shape index (κ1) is 11.3. The molecule has 17 heavy (non-hydrogen) atoms. The molecule has 86 valence electrons. The third kappa shape index (κ3) is 2.89. The van der Waals surface area contributed by atoms with Gasteiger partial charge in [-0.1, -0.05) is 34.9 Å². The lowest BCUT2D eigenvalue weighted by Gasteiger charge is -1.97. The Balaban J connectivity index is 2.12. The van der Waals surface area contributed by atoms with Crippen LogP contribution in [0, 0.1) is 6.92 Å². The maximum Gasteiger partial charge on any atom is 0.134 e. The molecule has 0 unspecified atom stereocenters. The van der Waals surface area contributed by atoms with Crippen molar-refractivity contribution in [2.45, 2.75) is 13.3 Å². The first-order valence-electron chi connectivity index (χ1n) is 5.46. The lowest BCUT2D eigenvalue weighted by Crippen LogP contribution is -1.84. The van der Waals surface area contributed by atoms with Gasteiger partial charge in [-0.3, -0.25) is 0 Å². The van der Waals surface area contributed by atoms with Crippen molar-refractivity contribution in [3.8, 4) is 11.3 Å². The maximum atomic E-state index is 8.18. The van der Waals surface area contributed by atoms with Crippen molar-refractivity contribution >= 4 is 0 Å². The van der Waals surface area contributed by atoms with Crippen LogP contribution in [0.3, 0.4) is 0 Å². The highest BCUT2D eigenvalue weighted by Gasteiger charge is 2.03. The van der Waals surface area contributed by atoms with Gasteiger partial charge in [-0.2, -0.15) is 0 Å². The van der Waals surface area contributed by atoms with Crippen LogP contribution in [-0.2, 0) is 6.42 Å². The highest BCUT2D eigenvalue weighted by atomic mass is 16.3. The average Bonchev–Trinajstić information content (AvgIpc) is 2.79. The van der Waals surface area contributed by atoms with Crippen LogP contribution in [0.2, 0.25) is 0 Å². The molecular formula is C13H13N3O. The smallest absolute Gasteiger partial charge is 0.134 e. The fourth-order valence-corrected chi connectivity index (χ4v) is 1.59. The van der Waals surface area contributed by atoms with E-state index in [1.54, 1.807) is 0 Å². The van der Waals surface area contributed by atoms with Gasteiger partial charge in [0.2, 0.25) is 0 Å². The van der Waals surface area contributed by atoms with Crippen molar-refractivity contribution in [3.63, 3.8) is 0 Å². The number of furan rings is 1. The molecular weight excluding hydrogens is 214 g/mol. The van der Waals surface area contributed by atoms with Crippen LogP contribution >= 0.6 is 0 Å². The molecule has 0 saturated carbocycles. The number of aryl methyl sites for hydroxylation is 1. The highest BCUT2D eigenvalue weighted by Crippen LogP contribution is 2.22. The van der Waals surface area contributed by atoms with Crippen LogP contribution in [0.25, 0.3) is 21.8 Å². The second kappa shape index (κ2) is 5.23. The number of benzene rings is 1. The largest absolute Gasteiger partial charge is 0.461 e. The summed E-state index contributed by atoms with van der Waals surface area (Å²) in [5.41, 5.74) is 10.5. The molecule has 4 heteroatoms. The summed E-state index contributed by atoms with van der Waals surface area (Å²) in [7, 11) is 0. The van der Waals surface area contributed by atoms with E-state index in [1.807, 2.05) is 24.3 Å². The van der Waals surface area contributed by atoms with Crippen molar-refractivity contribution in [2.75, 3.05) is 6.54 Å². The first-order chi connectivity index (χ1) is 8.29. The summed E-state index contributed by atoms with van der Waals surface area (Å²) in [6, 6.07) is 12.0. The zero-order chi connectivity index (χ0) is 12.1. The SMILES string of the molecule is Cc1ccc(-c2ccc(CCN=[N+]=[N-])o2)cc1. The second-order valence-corrected chi connectivity index (χ2v) is 3.84. The summed E-state index contributed by atoms with van der Waals surface area (Å²) in [5, 5.41) is 3.48. The fourth-order valence-electron chi connectivity index (χ4n) is 1.59. The van der Waals surface area contributed by atoms with E-state index in [2.05, 4.69) is 29.1 Å². The topological polar surface area (TPSA) is 61.9 Å². The minimum atomic E-state index is 0.428. The molecule has 0 amide bonds. The molecule has 1 heterocycles. The summed E-state index contributed by atoms with van der Waals surface area (Å²) in [4.78, 5) is 2.71. The summed E-state index contributed by atoms with van der Waals surface area (Å²) < 4.78 is 5.67. The molecule has 0 radical (unpaired) electrons. The van der Waals surface area contributed by atoms with Crippen LogP contribution < -0.4 is 0 Å². The second-order valence-electron chi connectivity index (χ2n) is 3.84. The van der Waals surface area contributed by atoms with Crippen molar-refractivity contribution in [1.82, 2.24) is 0 Å². The van der Waals surface area contributed by atoms with Gasteiger partial charge in [0.15, 0.2) is 0 Å². The quantitative estimate of drug-likeness (QED) is 0.440. The number of azide groups is 1. The Labute approximate surface area is 99.5 Å². The Morgan fingerprint density at radius 3 is 2.65 bits per heavy atom. The number of rotatable bonds is 4. The zero-order valence-electron chi connectivity index (χ0n) is 9.63. The Morgan fingerprint density at radius 2 is 1.94 bits per heavy atom. The summed E-state index contributed by atoms with van der Waals surface area (Å²) >= 11 is 0. The van der Waals surface area contributed by atoms with Crippen LogP contribution in [-0.4, -0.2) is 6.54 Å². The fraction of sp³-hybridized carbons (Fsp3) is 0.231. The first-order valence-corrected chi connectivity index (χ1v) is 5.46. The van der Waals surface area contributed by atoms with E-state index in [1.165, 1.54) is 5.56 Å². The molecule has 0 spiro atoms. The molecule has 0 atom stereocenters. The maximum absolute atomic E-state index is 8.18. The standard InChI is InChI=1S/C13H13N3O/c1-10-2-4-11(5-3-10)13-7-6-12(17-13)8-9-15-16-14/h2-7H,8-9H2,1H3. The van der Waals surface area contributed by atoms with Gasteiger partial charge < -0.3 is 4.42 Å². The third-order valence-electron chi connectivity index (χ3n) is 2.52. The summed E-state index contributed by atoms with van der Waals surface area (Å²) in [6.07, 6.45) is 0.635. The summed E-state index contributed by atoms with van der Waals surface area (Å²) in [6.45, 7) is 2.48.